The van der Waals surface area contributed by atoms with Gasteiger partial charge in [0, 0.05) is 5.52 Å². The Labute approximate surface area is 144 Å². The van der Waals surface area contributed by atoms with Crippen molar-refractivity contribution in [1.29, 1.82) is 0 Å². The summed E-state index contributed by atoms with van der Waals surface area (Å²) in [5.41, 5.74) is -3.48. The number of nitrogens with one attached hydrogen (secondary N) is 1. The van der Waals surface area contributed by atoms with E-state index in [1.807, 2.05) is 0 Å². The van der Waals surface area contributed by atoms with Gasteiger partial charge in [-0.05, 0) is 33.4 Å². The number of aromatic amines is 1. The van der Waals surface area contributed by atoms with E-state index in [2.05, 4.69) is 20.9 Å². The first-order valence-corrected chi connectivity index (χ1v) is 7.98. The SMILES string of the molecule is OC(Cl)[C@@]1(Br)O[C@@H](O)[C@H](O)[C@](O)(c2cc3ccccc3[nH]2)[C@H]1O. The number of aliphatic hydroxyl groups is 5. The van der Waals surface area contributed by atoms with Crippen molar-refractivity contribution >= 4 is 38.4 Å². The molecule has 0 aliphatic carbocycles. The summed E-state index contributed by atoms with van der Waals surface area (Å²) in [6, 6.07) is 8.59. The highest BCUT2D eigenvalue weighted by atomic mass is 79.9. The second kappa shape index (κ2) is 5.68. The number of rotatable bonds is 2. The predicted octanol–water partition coefficient (Wildman–Crippen LogP) is 0.0743. The molecule has 1 aromatic heterocycles. The number of halogens is 2. The van der Waals surface area contributed by atoms with Gasteiger partial charge in [-0.25, -0.2) is 0 Å². The molecule has 6 N–H and O–H groups in total. The largest absolute Gasteiger partial charge is 0.385 e. The van der Waals surface area contributed by atoms with Crippen LogP contribution < -0.4 is 0 Å². The third-order valence-corrected chi connectivity index (χ3v) is 5.74. The molecule has 0 bridgehead atoms. The van der Waals surface area contributed by atoms with Gasteiger partial charge in [-0.1, -0.05) is 29.8 Å². The summed E-state index contributed by atoms with van der Waals surface area (Å²) in [5, 5.41) is 52.0. The van der Waals surface area contributed by atoms with Crippen LogP contribution in [0.1, 0.15) is 5.69 Å². The number of aliphatic hydroxyl groups excluding tert-OH is 4. The highest BCUT2D eigenvalue weighted by Crippen LogP contribution is 2.47. The molecule has 1 aliphatic rings. The molecule has 3 rings (SSSR count). The average molecular weight is 409 g/mol. The van der Waals surface area contributed by atoms with E-state index in [-0.39, 0.29) is 5.69 Å². The molecule has 23 heavy (non-hydrogen) atoms. The fourth-order valence-electron chi connectivity index (χ4n) is 2.78. The number of fused-ring (bicyclic) bond motifs is 1. The summed E-state index contributed by atoms with van der Waals surface area (Å²) in [4.78, 5) is 2.88. The van der Waals surface area contributed by atoms with Crippen molar-refractivity contribution in [2.45, 2.75) is 34.2 Å². The Kier molecular flexibility index (Phi) is 4.23. The van der Waals surface area contributed by atoms with Crippen LogP contribution in [-0.4, -0.2) is 59.1 Å². The van der Waals surface area contributed by atoms with E-state index >= 15 is 0 Å². The molecule has 1 unspecified atom stereocenters. The van der Waals surface area contributed by atoms with Crippen molar-refractivity contribution < 1.29 is 30.3 Å². The van der Waals surface area contributed by atoms with Crippen molar-refractivity contribution in [1.82, 2.24) is 4.98 Å². The van der Waals surface area contributed by atoms with Gasteiger partial charge < -0.3 is 35.3 Å². The van der Waals surface area contributed by atoms with E-state index in [0.717, 1.165) is 5.39 Å². The Hall–Kier alpha value is -0.710. The smallest absolute Gasteiger partial charge is 0.194 e. The lowest BCUT2D eigenvalue weighted by atomic mass is 9.81. The van der Waals surface area contributed by atoms with Gasteiger partial charge >= 0.3 is 0 Å². The summed E-state index contributed by atoms with van der Waals surface area (Å²) < 4.78 is 2.88. The topological polar surface area (TPSA) is 126 Å². The maximum Gasteiger partial charge on any atom is 0.194 e. The molecule has 0 saturated carbocycles. The second-order valence-electron chi connectivity index (χ2n) is 5.48. The van der Waals surface area contributed by atoms with E-state index in [1.165, 1.54) is 6.07 Å². The molecule has 0 radical (unpaired) electrons. The Morgan fingerprint density at radius 1 is 1.26 bits per heavy atom. The number of ether oxygens (including phenoxy) is 1. The Bertz CT molecular complexity index is 693. The zero-order valence-corrected chi connectivity index (χ0v) is 13.9. The summed E-state index contributed by atoms with van der Waals surface area (Å²) >= 11 is 8.52. The monoisotopic (exact) mass is 407 g/mol. The molecule has 2 heterocycles. The third-order valence-electron chi connectivity index (χ3n) is 4.10. The standard InChI is InChI=1S/C14H15BrClNO6/c15-14(12(16)21)11(20)13(22,9(18)10(19)23-14)8-5-6-3-1-2-4-7(6)17-8/h1-5,9-12,17-22H/t9-,10+,11+,12?,13+,14-/m0/s1. The predicted molar refractivity (Wildman–Crippen MR) is 84.8 cm³/mol. The number of benzene rings is 1. The summed E-state index contributed by atoms with van der Waals surface area (Å²) in [6.07, 6.45) is -5.68. The average Bonchev–Trinajstić information content (AvgIpc) is 2.95. The molecule has 1 aromatic carbocycles. The lowest BCUT2D eigenvalue weighted by molar-refractivity contribution is -0.338. The van der Waals surface area contributed by atoms with Crippen LogP contribution >= 0.6 is 27.5 Å². The number of alkyl halides is 2. The molecule has 2 aromatic rings. The van der Waals surface area contributed by atoms with E-state index in [0.29, 0.717) is 5.52 Å². The van der Waals surface area contributed by atoms with Gasteiger partial charge in [0.25, 0.3) is 0 Å². The highest BCUT2D eigenvalue weighted by Gasteiger charge is 2.64. The van der Waals surface area contributed by atoms with Crippen molar-refractivity contribution in [3.8, 4) is 0 Å². The van der Waals surface area contributed by atoms with Crippen LogP contribution in [0.25, 0.3) is 10.9 Å². The van der Waals surface area contributed by atoms with Gasteiger partial charge in [0.1, 0.15) is 12.2 Å². The first-order valence-electron chi connectivity index (χ1n) is 6.75. The molecule has 9 heteroatoms. The first-order chi connectivity index (χ1) is 10.7. The van der Waals surface area contributed by atoms with Crippen LogP contribution in [0, 0.1) is 0 Å². The van der Waals surface area contributed by atoms with Crippen LogP contribution in [0.4, 0.5) is 0 Å². The van der Waals surface area contributed by atoms with Gasteiger partial charge in [0.15, 0.2) is 22.0 Å². The third kappa shape index (κ3) is 2.41. The van der Waals surface area contributed by atoms with Crippen LogP contribution in [0.5, 0.6) is 0 Å². The van der Waals surface area contributed by atoms with Crippen LogP contribution in [0.3, 0.4) is 0 Å². The number of hydrogen-bond donors (Lipinski definition) is 6. The minimum absolute atomic E-state index is 0.0437. The molecule has 1 aliphatic heterocycles. The lowest BCUT2D eigenvalue weighted by Crippen LogP contribution is -2.70. The molecule has 1 fully saturated rings. The summed E-state index contributed by atoms with van der Waals surface area (Å²) in [7, 11) is 0. The van der Waals surface area contributed by atoms with E-state index in [4.69, 9.17) is 16.3 Å². The van der Waals surface area contributed by atoms with Crippen molar-refractivity contribution in [3.63, 3.8) is 0 Å². The zero-order valence-electron chi connectivity index (χ0n) is 11.6. The fourth-order valence-corrected chi connectivity index (χ4v) is 3.49. The molecular weight excluding hydrogens is 394 g/mol. The molecule has 7 nitrogen and oxygen atoms in total. The maximum atomic E-state index is 11.0. The molecule has 0 amide bonds. The number of hydrogen-bond acceptors (Lipinski definition) is 6. The Balaban J connectivity index is 2.15. The summed E-state index contributed by atoms with van der Waals surface area (Å²) in [6.45, 7) is 0. The minimum atomic E-state index is -2.37. The zero-order chi connectivity index (χ0) is 17.0. The molecule has 0 spiro atoms. The molecule has 1 saturated heterocycles. The van der Waals surface area contributed by atoms with Gasteiger partial charge in [-0.15, -0.1) is 0 Å². The lowest BCUT2D eigenvalue weighted by Gasteiger charge is -2.50. The molecule has 6 atom stereocenters. The quantitative estimate of drug-likeness (QED) is 0.391. The van der Waals surface area contributed by atoms with Crippen molar-refractivity contribution in [2.24, 2.45) is 0 Å². The number of aromatic nitrogens is 1. The van der Waals surface area contributed by atoms with Crippen molar-refractivity contribution in [3.05, 3.63) is 36.0 Å². The number of para-hydroxylation sites is 1. The minimum Gasteiger partial charge on any atom is -0.385 e. The first kappa shape index (κ1) is 17.1. The normalized spacial score (nSPS) is 39.5. The summed E-state index contributed by atoms with van der Waals surface area (Å²) in [5.74, 6) is 0. The molecular formula is C14H15BrClNO6. The molecule has 126 valence electrons. The van der Waals surface area contributed by atoms with E-state index < -0.39 is 34.2 Å². The number of H-pyrrole nitrogens is 1. The van der Waals surface area contributed by atoms with Gasteiger partial charge in [0.05, 0.1) is 5.69 Å². The van der Waals surface area contributed by atoms with Crippen LogP contribution in [-0.2, 0) is 10.3 Å². The van der Waals surface area contributed by atoms with E-state index in [9.17, 15) is 25.5 Å². The Morgan fingerprint density at radius 3 is 2.52 bits per heavy atom. The second-order valence-corrected chi connectivity index (χ2v) is 7.14. The van der Waals surface area contributed by atoms with Crippen LogP contribution in [0.2, 0.25) is 0 Å². The maximum absolute atomic E-state index is 11.0. The fraction of sp³-hybridized carbons (Fsp3) is 0.429. The van der Waals surface area contributed by atoms with E-state index in [1.54, 1.807) is 24.3 Å². The van der Waals surface area contributed by atoms with Gasteiger partial charge in [-0.3, -0.25) is 0 Å². The van der Waals surface area contributed by atoms with Crippen molar-refractivity contribution in [2.75, 3.05) is 0 Å². The van der Waals surface area contributed by atoms with Crippen LogP contribution in [0.15, 0.2) is 30.3 Å². The van der Waals surface area contributed by atoms with Gasteiger partial charge in [-0.2, -0.15) is 0 Å². The van der Waals surface area contributed by atoms with Gasteiger partial charge in [0.2, 0.25) is 0 Å². The highest BCUT2D eigenvalue weighted by molar-refractivity contribution is 9.10. The Morgan fingerprint density at radius 2 is 1.91 bits per heavy atom.